The van der Waals surface area contributed by atoms with Gasteiger partial charge in [0.25, 0.3) is 0 Å². The molecule has 2 heteroatoms. The zero-order chi connectivity index (χ0) is 13.8. The van der Waals surface area contributed by atoms with Gasteiger partial charge in [-0.25, -0.2) is 0 Å². The molecule has 2 nitrogen and oxygen atoms in total. The zero-order valence-electron chi connectivity index (χ0n) is 12.8. The summed E-state index contributed by atoms with van der Waals surface area (Å²) in [7, 11) is 0. The Labute approximate surface area is 123 Å². The summed E-state index contributed by atoms with van der Waals surface area (Å²) >= 11 is 0. The number of rotatable bonds is 7. The van der Waals surface area contributed by atoms with Crippen LogP contribution in [0.2, 0.25) is 0 Å². The molecule has 1 heterocycles. The summed E-state index contributed by atoms with van der Waals surface area (Å²) in [5.41, 5.74) is 2.93. The Kier molecular flexibility index (Phi) is 4.74. The zero-order valence-corrected chi connectivity index (χ0v) is 12.8. The van der Waals surface area contributed by atoms with Crippen LogP contribution in [-0.4, -0.2) is 24.0 Å². The topological polar surface area (TPSA) is 15.3 Å². The molecule has 0 spiro atoms. The molecule has 1 unspecified atom stereocenters. The number of benzene rings is 1. The van der Waals surface area contributed by atoms with Crippen molar-refractivity contribution in [3.05, 3.63) is 35.4 Å². The van der Waals surface area contributed by atoms with E-state index in [2.05, 4.69) is 41.4 Å². The van der Waals surface area contributed by atoms with Crippen LogP contribution < -0.4 is 5.32 Å². The molecule has 1 aliphatic carbocycles. The number of nitrogens with zero attached hydrogens (tertiary/aromatic N) is 1. The molecule has 1 saturated carbocycles. The highest BCUT2D eigenvalue weighted by atomic mass is 15.1. The second-order valence-corrected chi connectivity index (χ2v) is 6.65. The van der Waals surface area contributed by atoms with Gasteiger partial charge in [0.05, 0.1) is 0 Å². The van der Waals surface area contributed by atoms with Gasteiger partial charge in [0.2, 0.25) is 0 Å². The predicted molar refractivity (Wildman–Crippen MR) is 84.6 cm³/mol. The Morgan fingerprint density at radius 1 is 1.20 bits per heavy atom. The number of nitrogens with one attached hydrogen (secondary N) is 1. The lowest BCUT2D eigenvalue weighted by Crippen LogP contribution is -2.20. The summed E-state index contributed by atoms with van der Waals surface area (Å²) in [5, 5.41) is 3.60. The molecule has 0 aromatic heterocycles. The third kappa shape index (κ3) is 4.07. The number of hydrogen-bond donors (Lipinski definition) is 1. The van der Waals surface area contributed by atoms with E-state index in [-0.39, 0.29) is 0 Å². The quantitative estimate of drug-likeness (QED) is 0.816. The second-order valence-electron chi connectivity index (χ2n) is 6.65. The standard InChI is InChI=1S/C18H28N2/c1-2-4-15-9-10-20(13-15)14-17-6-3-5-16(11-17)12-19-18-7-8-18/h3,5-6,11,15,18-19H,2,4,7-10,12-14H2,1H3. The van der Waals surface area contributed by atoms with E-state index >= 15 is 0 Å². The van der Waals surface area contributed by atoms with Crippen molar-refractivity contribution in [1.29, 1.82) is 0 Å². The van der Waals surface area contributed by atoms with Crippen LogP contribution in [0.1, 0.15) is 50.2 Å². The van der Waals surface area contributed by atoms with Gasteiger partial charge < -0.3 is 5.32 Å². The van der Waals surface area contributed by atoms with E-state index < -0.39 is 0 Å². The molecule has 1 aromatic carbocycles. The van der Waals surface area contributed by atoms with Crippen molar-refractivity contribution in [3.8, 4) is 0 Å². The number of hydrogen-bond acceptors (Lipinski definition) is 2. The van der Waals surface area contributed by atoms with Crippen molar-refractivity contribution in [2.45, 2.75) is 58.2 Å². The van der Waals surface area contributed by atoms with Gasteiger partial charge in [-0.2, -0.15) is 0 Å². The highest BCUT2D eigenvalue weighted by Crippen LogP contribution is 2.23. The van der Waals surface area contributed by atoms with Gasteiger partial charge in [-0.3, -0.25) is 4.90 Å². The molecule has 1 atom stereocenters. The van der Waals surface area contributed by atoms with Crippen LogP contribution in [0.4, 0.5) is 0 Å². The monoisotopic (exact) mass is 272 g/mol. The van der Waals surface area contributed by atoms with E-state index in [9.17, 15) is 0 Å². The lowest BCUT2D eigenvalue weighted by atomic mass is 10.0. The smallest absolute Gasteiger partial charge is 0.0233 e. The molecular weight excluding hydrogens is 244 g/mol. The van der Waals surface area contributed by atoms with Crippen LogP contribution in [0.5, 0.6) is 0 Å². The predicted octanol–water partition coefficient (Wildman–Crippen LogP) is 3.56. The summed E-state index contributed by atoms with van der Waals surface area (Å²) in [5.74, 6) is 0.944. The van der Waals surface area contributed by atoms with Crippen molar-refractivity contribution in [2.75, 3.05) is 13.1 Å². The van der Waals surface area contributed by atoms with Crippen molar-refractivity contribution >= 4 is 0 Å². The lowest BCUT2D eigenvalue weighted by Gasteiger charge is -2.16. The van der Waals surface area contributed by atoms with Crippen LogP contribution in [0, 0.1) is 5.92 Å². The first-order valence-corrected chi connectivity index (χ1v) is 8.37. The fraction of sp³-hybridized carbons (Fsp3) is 0.667. The molecule has 0 bridgehead atoms. The van der Waals surface area contributed by atoms with Gasteiger partial charge in [-0.1, -0.05) is 37.6 Å². The molecule has 20 heavy (non-hydrogen) atoms. The SMILES string of the molecule is CCCC1CCN(Cc2cccc(CNC3CC3)c2)C1. The van der Waals surface area contributed by atoms with Crippen LogP contribution in [-0.2, 0) is 13.1 Å². The molecule has 1 aliphatic heterocycles. The molecule has 1 saturated heterocycles. The summed E-state index contributed by atoms with van der Waals surface area (Å²) < 4.78 is 0. The summed E-state index contributed by atoms with van der Waals surface area (Å²) in [6, 6.07) is 9.95. The van der Waals surface area contributed by atoms with Crippen molar-refractivity contribution in [1.82, 2.24) is 10.2 Å². The third-order valence-electron chi connectivity index (χ3n) is 4.64. The minimum Gasteiger partial charge on any atom is -0.310 e. The largest absolute Gasteiger partial charge is 0.310 e. The van der Waals surface area contributed by atoms with Crippen molar-refractivity contribution in [2.24, 2.45) is 5.92 Å². The van der Waals surface area contributed by atoms with Crippen LogP contribution in [0.15, 0.2) is 24.3 Å². The van der Waals surface area contributed by atoms with E-state index in [0.717, 1.165) is 25.0 Å². The molecule has 110 valence electrons. The number of likely N-dealkylation sites (tertiary alicyclic amines) is 1. The average molecular weight is 272 g/mol. The molecule has 1 aromatic rings. The fourth-order valence-electron chi connectivity index (χ4n) is 3.35. The minimum absolute atomic E-state index is 0.798. The fourth-order valence-corrected chi connectivity index (χ4v) is 3.35. The van der Waals surface area contributed by atoms with Crippen LogP contribution >= 0.6 is 0 Å². The van der Waals surface area contributed by atoms with Gasteiger partial charge in [-0.15, -0.1) is 0 Å². The summed E-state index contributed by atoms with van der Waals surface area (Å²) in [6.07, 6.45) is 6.87. The summed E-state index contributed by atoms with van der Waals surface area (Å²) in [4.78, 5) is 2.63. The molecular formula is C18H28N2. The molecule has 2 aliphatic rings. The average Bonchev–Trinajstić information content (AvgIpc) is 3.19. The molecule has 2 fully saturated rings. The maximum absolute atomic E-state index is 3.60. The van der Waals surface area contributed by atoms with Gasteiger partial charge in [0.1, 0.15) is 0 Å². The van der Waals surface area contributed by atoms with Gasteiger partial charge >= 0.3 is 0 Å². The first kappa shape index (κ1) is 14.1. The highest BCUT2D eigenvalue weighted by Gasteiger charge is 2.22. The molecule has 0 amide bonds. The lowest BCUT2D eigenvalue weighted by molar-refractivity contribution is 0.313. The second kappa shape index (κ2) is 6.73. The van der Waals surface area contributed by atoms with Crippen LogP contribution in [0.3, 0.4) is 0 Å². The Bertz CT molecular complexity index is 425. The van der Waals surface area contributed by atoms with E-state index in [1.165, 1.54) is 56.3 Å². The van der Waals surface area contributed by atoms with Crippen molar-refractivity contribution in [3.63, 3.8) is 0 Å². The maximum Gasteiger partial charge on any atom is 0.0233 e. The summed E-state index contributed by atoms with van der Waals surface area (Å²) in [6.45, 7) is 7.07. The van der Waals surface area contributed by atoms with E-state index in [0.29, 0.717) is 0 Å². The van der Waals surface area contributed by atoms with Crippen LogP contribution in [0.25, 0.3) is 0 Å². The van der Waals surface area contributed by atoms with Crippen molar-refractivity contribution < 1.29 is 0 Å². The normalized spacial score (nSPS) is 23.4. The Hall–Kier alpha value is -0.860. The van der Waals surface area contributed by atoms with E-state index in [1.807, 2.05) is 0 Å². The maximum atomic E-state index is 3.60. The molecule has 1 N–H and O–H groups in total. The first-order valence-electron chi connectivity index (χ1n) is 8.37. The van der Waals surface area contributed by atoms with Gasteiger partial charge in [0, 0.05) is 25.7 Å². The van der Waals surface area contributed by atoms with E-state index in [1.54, 1.807) is 0 Å². The Morgan fingerprint density at radius 2 is 2.05 bits per heavy atom. The Balaban J connectivity index is 1.50. The van der Waals surface area contributed by atoms with E-state index in [4.69, 9.17) is 0 Å². The van der Waals surface area contributed by atoms with Gasteiger partial charge in [0.15, 0.2) is 0 Å². The third-order valence-corrected chi connectivity index (χ3v) is 4.64. The molecule has 0 radical (unpaired) electrons. The van der Waals surface area contributed by atoms with Gasteiger partial charge in [-0.05, 0) is 49.3 Å². The Morgan fingerprint density at radius 3 is 2.85 bits per heavy atom. The minimum atomic E-state index is 0.798. The first-order chi connectivity index (χ1) is 9.83. The highest BCUT2D eigenvalue weighted by molar-refractivity contribution is 5.23. The molecule has 3 rings (SSSR count).